The number of sulfonamides is 1. The Balaban J connectivity index is 1.17. The number of alkyl carbamates (subject to hydrolysis) is 1. The summed E-state index contributed by atoms with van der Waals surface area (Å²) in [6.45, 7) is 5.70. The number of aromatic nitrogens is 1. The van der Waals surface area contributed by atoms with Crippen LogP contribution in [-0.4, -0.2) is 102 Å². The van der Waals surface area contributed by atoms with E-state index in [-0.39, 0.29) is 62.5 Å². The summed E-state index contributed by atoms with van der Waals surface area (Å²) in [5.41, 5.74) is -1.60. The van der Waals surface area contributed by atoms with Gasteiger partial charge in [0.15, 0.2) is 0 Å². The fourth-order valence-electron chi connectivity index (χ4n) is 8.79. The van der Waals surface area contributed by atoms with Crippen molar-refractivity contribution in [3.63, 3.8) is 0 Å². The third-order valence-corrected chi connectivity index (χ3v) is 13.9. The van der Waals surface area contributed by atoms with Crippen LogP contribution in [0.15, 0.2) is 30.4 Å². The molecule has 0 bridgehead atoms. The summed E-state index contributed by atoms with van der Waals surface area (Å²) >= 11 is 0. The number of carbonyl (C=O) groups excluding carboxylic acids is 4. The summed E-state index contributed by atoms with van der Waals surface area (Å²) in [5, 5.41) is 6.23. The van der Waals surface area contributed by atoms with Crippen LogP contribution in [0.4, 0.5) is 9.18 Å². The highest BCUT2D eigenvalue weighted by Crippen LogP contribution is 2.55. The van der Waals surface area contributed by atoms with E-state index >= 15 is 4.39 Å². The van der Waals surface area contributed by atoms with E-state index in [4.69, 9.17) is 19.2 Å². The largest absolute Gasteiger partial charge is 0.497 e. The molecular formula is C41H52FN5O9S. The van der Waals surface area contributed by atoms with Crippen LogP contribution >= 0.6 is 0 Å². The van der Waals surface area contributed by atoms with Gasteiger partial charge in [0.05, 0.1) is 43.8 Å². The topological polar surface area (TPSA) is 174 Å². The zero-order chi connectivity index (χ0) is 40.5. The van der Waals surface area contributed by atoms with E-state index in [0.717, 1.165) is 30.0 Å². The third kappa shape index (κ3) is 7.53. The zero-order valence-corrected chi connectivity index (χ0v) is 33.8. The standard InChI is InChI=1S/C41H52FN5O9S/c1-39(2,3)23-55-38(51)44-30-11-9-7-5-6-8-10-25-19-41(25,37(50)47-16-17-57(47,52)53)45-35(48)31-21-40(22-46(31)36(30)49)20-28(42)32-27-18-26(54-4)14-15-29(27)43-33(24-12-13-24)34(32)56-40/h8,10,14-15,18,24-25,28,30-31H,5-7,9,11-13,16-17,19-23H2,1-4H3,(H,44,51)(H,45,48)/b10-8-/t25-,28-,30+,31+,40-,41-/m1/s1. The lowest BCUT2D eigenvalue weighted by Gasteiger charge is -2.38. The SMILES string of the molecule is COc1ccc2nc(C3CC3)c3c(c2c1)[C@H](F)C[C@]1(C[C@H]2C(=O)N[C@]4(C(=O)N5CCS5(=O)=O)C[C@H]4/C=C\CCCCC[C@H](NC(=O)OCC(C)(C)C)C(=O)N2C1)O3. The number of pyridine rings is 1. The summed E-state index contributed by atoms with van der Waals surface area (Å²) in [5.74, 6) is -1.63. The summed E-state index contributed by atoms with van der Waals surface area (Å²) in [6.07, 6.45) is 6.14. The monoisotopic (exact) mass is 809 g/mol. The number of hydrogen-bond donors (Lipinski definition) is 2. The van der Waals surface area contributed by atoms with Gasteiger partial charge in [-0.15, -0.1) is 0 Å². The Bertz CT molecular complexity index is 2140. The number of carbonyl (C=O) groups is 4. The normalized spacial score (nSPS) is 31.7. The fourth-order valence-corrected chi connectivity index (χ4v) is 9.87. The number of hydrogen-bond acceptors (Lipinski definition) is 10. The summed E-state index contributed by atoms with van der Waals surface area (Å²) in [7, 11) is -2.26. The number of rotatable bonds is 5. The van der Waals surface area contributed by atoms with Gasteiger partial charge in [0, 0.05) is 35.6 Å². The molecule has 1 aromatic carbocycles. The molecule has 2 saturated carbocycles. The number of ether oxygens (including phenoxy) is 3. The fraction of sp³-hybridized carbons (Fsp3) is 0.634. The highest BCUT2D eigenvalue weighted by atomic mass is 32.2. The maximum Gasteiger partial charge on any atom is 0.407 e. The van der Waals surface area contributed by atoms with Crippen molar-refractivity contribution >= 4 is 44.7 Å². The van der Waals surface area contributed by atoms with Gasteiger partial charge in [-0.2, -0.15) is 0 Å². The Kier molecular flexibility index (Phi) is 9.96. The summed E-state index contributed by atoms with van der Waals surface area (Å²) < 4.78 is 61.0. The lowest BCUT2D eigenvalue weighted by molar-refractivity contribution is -0.142. The molecule has 16 heteroatoms. The van der Waals surface area contributed by atoms with Crippen LogP contribution in [-0.2, 0) is 29.1 Å². The van der Waals surface area contributed by atoms with Crippen LogP contribution in [0.1, 0.15) is 108 Å². The number of amides is 4. The van der Waals surface area contributed by atoms with Crippen LogP contribution < -0.4 is 20.1 Å². The number of benzene rings is 1. The Hall–Kier alpha value is -4.47. The molecule has 2 aliphatic carbocycles. The average molecular weight is 810 g/mol. The van der Waals surface area contributed by atoms with E-state index in [2.05, 4.69) is 10.6 Å². The van der Waals surface area contributed by atoms with Crippen LogP contribution in [0.5, 0.6) is 11.5 Å². The van der Waals surface area contributed by atoms with Crippen molar-refractivity contribution in [2.45, 2.75) is 120 Å². The van der Waals surface area contributed by atoms with Gasteiger partial charge in [-0.25, -0.2) is 26.9 Å². The Morgan fingerprint density at radius 1 is 1.11 bits per heavy atom. The van der Waals surface area contributed by atoms with Crippen molar-refractivity contribution < 1.29 is 46.2 Å². The van der Waals surface area contributed by atoms with Gasteiger partial charge in [-0.05, 0) is 62.1 Å². The smallest absolute Gasteiger partial charge is 0.407 e. The van der Waals surface area contributed by atoms with Gasteiger partial charge >= 0.3 is 6.09 Å². The highest BCUT2D eigenvalue weighted by Gasteiger charge is 2.65. The van der Waals surface area contributed by atoms with Gasteiger partial charge in [0.25, 0.3) is 5.91 Å². The van der Waals surface area contributed by atoms with Crippen LogP contribution in [0.3, 0.4) is 0 Å². The number of allylic oxidation sites excluding steroid dienone is 1. The molecule has 4 aliphatic heterocycles. The van der Waals surface area contributed by atoms with Gasteiger partial charge in [-0.3, -0.25) is 14.4 Å². The molecule has 6 atom stereocenters. The number of nitrogens with one attached hydrogen (secondary N) is 2. The number of alkyl halides is 1. The minimum absolute atomic E-state index is 0.0219. The van der Waals surface area contributed by atoms with Crippen LogP contribution in [0.25, 0.3) is 10.9 Å². The minimum atomic E-state index is -3.79. The molecule has 4 amide bonds. The Morgan fingerprint density at radius 2 is 1.89 bits per heavy atom. The first-order valence-corrected chi connectivity index (χ1v) is 21.8. The first-order chi connectivity index (χ1) is 27.0. The van der Waals surface area contributed by atoms with E-state index in [9.17, 15) is 27.6 Å². The second kappa shape index (κ2) is 14.4. The number of methoxy groups -OCH3 is 1. The second-order valence-corrected chi connectivity index (χ2v) is 19.9. The van der Waals surface area contributed by atoms with Crippen LogP contribution in [0, 0.1) is 11.3 Å². The lowest BCUT2D eigenvalue weighted by atomic mass is 9.85. The summed E-state index contributed by atoms with van der Waals surface area (Å²) in [4.78, 5) is 62.9. The molecular weight excluding hydrogens is 758 g/mol. The molecule has 5 heterocycles. The highest BCUT2D eigenvalue weighted by molar-refractivity contribution is 7.90. The van der Waals surface area contributed by atoms with E-state index in [1.165, 1.54) is 12.0 Å². The molecule has 57 heavy (non-hydrogen) atoms. The quantitative estimate of drug-likeness (QED) is 0.393. The maximum absolute atomic E-state index is 17.0. The van der Waals surface area contributed by atoms with Gasteiger partial charge < -0.3 is 29.7 Å². The van der Waals surface area contributed by atoms with Crippen molar-refractivity contribution in [3.05, 3.63) is 41.6 Å². The molecule has 2 N–H and O–H groups in total. The minimum Gasteiger partial charge on any atom is -0.497 e. The molecule has 1 aromatic heterocycles. The van der Waals surface area contributed by atoms with Gasteiger partial charge in [0.2, 0.25) is 21.8 Å². The number of halogens is 1. The molecule has 1 spiro atoms. The number of nitrogens with zero attached hydrogens (tertiary/aromatic N) is 3. The first kappa shape index (κ1) is 39.4. The Morgan fingerprint density at radius 3 is 2.58 bits per heavy atom. The molecule has 308 valence electrons. The van der Waals surface area contributed by atoms with Crippen molar-refractivity contribution in [1.29, 1.82) is 0 Å². The Labute approximate surface area is 332 Å². The van der Waals surface area contributed by atoms with Gasteiger partial charge in [0.1, 0.15) is 40.9 Å². The molecule has 14 nitrogen and oxygen atoms in total. The lowest BCUT2D eigenvalue weighted by Crippen LogP contribution is -2.62. The van der Waals surface area contributed by atoms with E-state index in [1.807, 2.05) is 32.9 Å². The maximum atomic E-state index is 17.0. The van der Waals surface area contributed by atoms with Crippen molar-refractivity contribution in [2.24, 2.45) is 11.3 Å². The molecule has 0 unspecified atom stereocenters. The van der Waals surface area contributed by atoms with E-state index in [1.54, 1.807) is 18.2 Å². The summed E-state index contributed by atoms with van der Waals surface area (Å²) in [6, 6.07) is 3.01. The molecule has 2 aromatic rings. The van der Waals surface area contributed by atoms with Crippen molar-refractivity contribution in [2.75, 3.05) is 32.6 Å². The predicted octanol–water partition coefficient (Wildman–Crippen LogP) is 4.96. The van der Waals surface area contributed by atoms with Crippen molar-refractivity contribution in [1.82, 2.24) is 24.8 Å². The van der Waals surface area contributed by atoms with Crippen molar-refractivity contribution in [3.8, 4) is 11.5 Å². The predicted molar refractivity (Wildman–Crippen MR) is 207 cm³/mol. The van der Waals surface area contributed by atoms with E-state index < -0.39 is 69.2 Å². The first-order valence-electron chi connectivity index (χ1n) is 20.2. The van der Waals surface area contributed by atoms with Crippen LogP contribution in [0.2, 0.25) is 0 Å². The molecule has 6 aliphatic rings. The number of fused-ring (bicyclic) bond motifs is 5. The van der Waals surface area contributed by atoms with Gasteiger partial charge in [-0.1, -0.05) is 45.8 Å². The molecule has 8 rings (SSSR count). The molecule has 0 radical (unpaired) electrons. The molecule has 4 fully saturated rings. The zero-order valence-electron chi connectivity index (χ0n) is 33.0. The second-order valence-electron chi connectivity index (χ2n) is 17.9. The van der Waals surface area contributed by atoms with E-state index in [0.29, 0.717) is 46.5 Å². The average Bonchev–Trinajstić information content (AvgIpc) is 4.08. The molecule has 2 saturated heterocycles. The third-order valence-electron chi connectivity index (χ3n) is 12.2.